The first-order chi connectivity index (χ1) is 30.0. The van der Waals surface area contributed by atoms with Crippen LogP contribution in [0.2, 0.25) is 0 Å². The molecule has 0 heterocycles. The average molecular weight is 841 g/mol. The van der Waals surface area contributed by atoms with E-state index >= 15 is 0 Å². The summed E-state index contributed by atoms with van der Waals surface area (Å²) in [6, 6.07) is 0. The molecule has 0 aromatic rings. The molecule has 1 atom stereocenters. The van der Waals surface area contributed by atoms with Crippen molar-refractivity contribution in [2.45, 2.75) is 181 Å². The van der Waals surface area contributed by atoms with Gasteiger partial charge in [0.25, 0.3) is 0 Å². The van der Waals surface area contributed by atoms with Crippen LogP contribution in [0.3, 0.4) is 0 Å². The fourth-order valence-corrected chi connectivity index (χ4v) is 5.69. The molecule has 0 aliphatic rings. The molecule has 0 aliphatic carbocycles. The van der Waals surface area contributed by atoms with Gasteiger partial charge in [0, 0.05) is 19.3 Å². The number of hydrogen-bond donors (Lipinski definition) is 0. The zero-order valence-electron chi connectivity index (χ0n) is 38.6. The van der Waals surface area contributed by atoms with Crippen molar-refractivity contribution in [2.24, 2.45) is 0 Å². The molecule has 0 saturated carbocycles. The summed E-state index contributed by atoms with van der Waals surface area (Å²) in [5, 5.41) is 0. The Balaban J connectivity index is 4.58. The third kappa shape index (κ3) is 46.5. The van der Waals surface area contributed by atoms with E-state index in [1.54, 1.807) is 0 Å². The number of unbranched alkanes of at least 4 members (excludes halogenated alkanes) is 10. The van der Waals surface area contributed by atoms with Gasteiger partial charge in [-0.15, -0.1) is 0 Å². The zero-order chi connectivity index (χ0) is 44.4. The minimum absolute atomic E-state index is 0.127. The molecule has 0 aliphatic heterocycles. The molecule has 61 heavy (non-hydrogen) atoms. The first kappa shape index (κ1) is 56.5. The van der Waals surface area contributed by atoms with Crippen LogP contribution in [0.25, 0.3) is 0 Å². The summed E-state index contributed by atoms with van der Waals surface area (Å²) in [7, 11) is 0. The maximum Gasteiger partial charge on any atom is 0.306 e. The molecule has 340 valence electrons. The third-order valence-electron chi connectivity index (χ3n) is 9.23. The first-order valence-corrected chi connectivity index (χ1v) is 23.7. The second-order valence-electron chi connectivity index (χ2n) is 15.0. The highest BCUT2D eigenvalue weighted by Crippen LogP contribution is 2.11. The molecular formula is C55H84O6. The smallest absolute Gasteiger partial charge is 0.306 e. The second kappa shape index (κ2) is 48.2. The molecule has 1 unspecified atom stereocenters. The lowest BCUT2D eigenvalue weighted by Gasteiger charge is -2.18. The fraction of sp³-hybridized carbons (Fsp3) is 0.545. The summed E-state index contributed by atoms with van der Waals surface area (Å²) in [6.45, 7) is 6.20. The van der Waals surface area contributed by atoms with E-state index in [1.807, 2.05) is 48.6 Å². The van der Waals surface area contributed by atoms with Crippen LogP contribution in [0.4, 0.5) is 0 Å². The van der Waals surface area contributed by atoms with Crippen molar-refractivity contribution in [1.29, 1.82) is 0 Å². The van der Waals surface area contributed by atoms with Gasteiger partial charge in [0.1, 0.15) is 13.2 Å². The van der Waals surface area contributed by atoms with E-state index in [9.17, 15) is 14.4 Å². The molecule has 0 aromatic heterocycles. The van der Waals surface area contributed by atoms with Crippen LogP contribution in [-0.4, -0.2) is 37.2 Å². The number of esters is 3. The summed E-state index contributed by atoms with van der Waals surface area (Å²) >= 11 is 0. The topological polar surface area (TPSA) is 78.9 Å². The minimum atomic E-state index is -0.835. The largest absolute Gasteiger partial charge is 0.462 e. The molecule has 0 aromatic carbocycles. The highest BCUT2D eigenvalue weighted by molar-refractivity contribution is 5.71. The van der Waals surface area contributed by atoms with Crippen LogP contribution < -0.4 is 0 Å². The van der Waals surface area contributed by atoms with Crippen molar-refractivity contribution in [3.63, 3.8) is 0 Å². The molecule has 0 fully saturated rings. The van der Waals surface area contributed by atoms with Gasteiger partial charge in [0.2, 0.25) is 0 Å². The lowest BCUT2D eigenvalue weighted by molar-refractivity contribution is -0.166. The fourth-order valence-electron chi connectivity index (χ4n) is 5.69. The maximum atomic E-state index is 12.7. The van der Waals surface area contributed by atoms with Crippen molar-refractivity contribution in [3.8, 4) is 0 Å². The van der Waals surface area contributed by atoms with Crippen molar-refractivity contribution < 1.29 is 28.6 Å². The number of carbonyl (C=O) groups excluding carboxylic acids is 3. The summed E-state index contributed by atoms with van der Waals surface area (Å²) in [5.74, 6) is -1.08. The number of allylic oxidation sites excluding steroid dienone is 22. The van der Waals surface area contributed by atoms with Gasteiger partial charge in [-0.2, -0.15) is 0 Å². The molecule has 0 N–H and O–H groups in total. The Morgan fingerprint density at radius 3 is 1.31 bits per heavy atom. The van der Waals surface area contributed by atoms with Gasteiger partial charge in [-0.3, -0.25) is 14.4 Å². The van der Waals surface area contributed by atoms with Crippen molar-refractivity contribution in [3.05, 3.63) is 134 Å². The molecule has 0 saturated heterocycles. The van der Waals surface area contributed by atoms with E-state index in [-0.39, 0.29) is 44.0 Å². The minimum Gasteiger partial charge on any atom is -0.462 e. The molecule has 0 amide bonds. The van der Waals surface area contributed by atoms with Gasteiger partial charge in [-0.1, -0.05) is 193 Å². The lowest BCUT2D eigenvalue weighted by atomic mass is 10.1. The predicted octanol–water partition coefficient (Wildman–Crippen LogP) is 15.5. The Bertz CT molecular complexity index is 1380. The van der Waals surface area contributed by atoms with Crippen LogP contribution >= 0.6 is 0 Å². The normalized spacial score (nSPS) is 13.3. The highest BCUT2D eigenvalue weighted by Gasteiger charge is 2.19. The molecule has 0 spiro atoms. The SMILES string of the molecule is CC\C=C/C=C\C=C/C=C\CCCCCC(=O)OC(COC(=O)CC/C=C\C/C=C\C/C=C\C/C=C\C/C=C\C/C=C\CC)COC(=O)CCCCCCC/C=C\CCCC. The van der Waals surface area contributed by atoms with Crippen LogP contribution in [0.5, 0.6) is 0 Å². The Labute approximate surface area is 373 Å². The maximum absolute atomic E-state index is 12.7. The number of rotatable bonds is 40. The van der Waals surface area contributed by atoms with Gasteiger partial charge in [0.15, 0.2) is 6.10 Å². The second-order valence-corrected chi connectivity index (χ2v) is 15.0. The van der Waals surface area contributed by atoms with Crippen LogP contribution in [0.15, 0.2) is 134 Å². The van der Waals surface area contributed by atoms with Gasteiger partial charge < -0.3 is 14.2 Å². The lowest BCUT2D eigenvalue weighted by Crippen LogP contribution is -2.30. The van der Waals surface area contributed by atoms with E-state index in [4.69, 9.17) is 14.2 Å². The number of hydrogen-bond acceptors (Lipinski definition) is 6. The third-order valence-corrected chi connectivity index (χ3v) is 9.23. The van der Waals surface area contributed by atoms with E-state index < -0.39 is 6.10 Å². The van der Waals surface area contributed by atoms with E-state index in [2.05, 4.69) is 106 Å². The van der Waals surface area contributed by atoms with E-state index in [0.717, 1.165) is 96.3 Å². The molecule has 0 bridgehead atoms. The molecule has 0 radical (unpaired) electrons. The van der Waals surface area contributed by atoms with Crippen molar-refractivity contribution >= 4 is 17.9 Å². The van der Waals surface area contributed by atoms with Gasteiger partial charge in [-0.25, -0.2) is 0 Å². The van der Waals surface area contributed by atoms with Crippen LogP contribution in [0, 0.1) is 0 Å². The predicted molar refractivity (Wildman–Crippen MR) is 260 cm³/mol. The zero-order valence-corrected chi connectivity index (χ0v) is 38.6. The molecule has 6 nitrogen and oxygen atoms in total. The van der Waals surface area contributed by atoms with Crippen molar-refractivity contribution in [1.82, 2.24) is 0 Å². The Kier molecular flexibility index (Phi) is 44.7. The summed E-state index contributed by atoms with van der Waals surface area (Å²) in [5.41, 5.74) is 0. The first-order valence-electron chi connectivity index (χ1n) is 23.7. The highest BCUT2D eigenvalue weighted by atomic mass is 16.6. The Morgan fingerprint density at radius 2 is 0.754 bits per heavy atom. The molecular weight excluding hydrogens is 757 g/mol. The van der Waals surface area contributed by atoms with Crippen LogP contribution in [0.1, 0.15) is 175 Å². The standard InChI is InChI=1S/C55H84O6/c1-4-7-10-13-16-19-22-24-25-26-27-28-29-31-33-36-39-42-45-48-54(57)60-51-52(50-59-53(56)47-44-41-38-35-32-21-18-15-12-9-6-3)61-55(58)49-46-43-40-37-34-30-23-20-17-14-11-8-5-2/h7-8,10-11,14-20,23-25,27-28,30-31,33-34,39,42,52H,4-6,9,12-13,21-22,26,29,32,35-38,40-41,43-51H2,1-3H3/b10-7-,11-8-,17-14-,18-15-,19-16-,23-20-,25-24-,28-27-,33-31-,34-30-,42-39-. The monoisotopic (exact) mass is 841 g/mol. The van der Waals surface area contributed by atoms with Crippen LogP contribution in [-0.2, 0) is 28.6 Å². The van der Waals surface area contributed by atoms with E-state index in [1.165, 1.54) is 25.7 Å². The van der Waals surface area contributed by atoms with Gasteiger partial charge in [0.05, 0.1) is 0 Å². The average Bonchev–Trinajstić information content (AvgIpc) is 3.26. The summed E-state index contributed by atoms with van der Waals surface area (Å²) in [6.07, 6.45) is 67.3. The summed E-state index contributed by atoms with van der Waals surface area (Å²) < 4.78 is 16.6. The molecule has 0 rings (SSSR count). The van der Waals surface area contributed by atoms with Gasteiger partial charge in [-0.05, 0) is 96.3 Å². The quantitative estimate of drug-likeness (QED) is 0.0201. The summed E-state index contributed by atoms with van der Waals surface area (Å²) in [4.78, 5) is 37.8. The Morgan fingerprint density at radius 1 is 0.361 bits per heavy atom. The Hall–Kier alpha value is -4.45. The molecule has 6 heteroatoms. The number of carbonyl (C=O) groups is 3. The van der Waals surface area contributed by atoms with Crippen molar-refractivity contribution in [2.75, 3.05) is 13.2 Å². The van der Waals surface area contributed by atoms with Gasteiger partial charge >= 0.3 is 17.9 Å². The number of ether oxygens (including phenoxy) is 3. The van der Waals surface area contributed by atoms with E-state index in [0.29, 0.717) is 19.3 Å².